The molecular weight excluding hydrogens is 272 g/mol. The molecule has 0 saturated carbocycles. The molecule has 6 heteroatoms. The van der Waals surface area contributed by atoms with Crippen LogP contribution in [0.25, 0.3) is 11.4 Å². The van der Waals surface area contributed by atoms with E-state index in [4.69, 9.17) is 0 Å². The van der Waals surface area contributed by atoms with Gasteiger partial charge < -0.3 is 0 Å². The number of benzene rings is 1. The fourth-order valence-corrected chi connectivity index (χ4v) is 2.54. The highest BCUT2D eigenvalue weighted by atomic mass is 32.1. The third-order valence-electron chi connectivity index (χ3n) is 2.92. The van der Waals surface area contributed by atoms with E-state index in [1.807, 2.05) is 42.6 Å². The van der Waals surface area contributed by atoms with Crippen molar-refractivity contribution in [3.8, 4) is 11.4 Å². The minimum absolute atomic E-state index is 0.00580. The second kappa shape index (κ2) is 5.34. The molecule has 100 valence electrons. The highest BCUT2D eigenvalue weighted by Crippen LogP contribution is 2.18. The van der Waals surface area contributed by atoms with Gasteiger partial charge in [0, 0.05) is 5.56 Å². The van der Waals surface area contributed by atoms with Crippen molar-refractivity contribution in [3.05, 3.63) is 52.2 Å². The highest BCUT2D eigenvalue weighted by molar-refractivity contribution is 7.12. The Morgan fingerprint density at radius 1 is 1.25 bits per heavy atom. The van der Waals surface area contributed by atoms with Crippen LogP contribution < -0.4 is 0 Å². The van der Waals surface area contributed by atoms with E-state index in [1.54, 1.807) is 6.07 Å². The molecule has 5 nitrogen and oxygen atoms in total. The number of rotatable bonds is 4. The van der Waals surface area contributed by atoms with Gasteiger partial charge in [0.2, 0.25) is 5.82 Å². The zero-order valence-electron chi connectivity index (χ0n) is 10.9. The zero-order chi connectivity index (χ0) is 13.9. The summed E-state index contributed by atoms with van der Waals surface area (Å²) in [5, 5.41) is 14.1. The molecular formula is C14H12N4OS. The van der Waals surface area contributed by atoms with Gasteiger partial charge in [0.15, 0.2) is 5.78 Å². The normalized spacial score (nSPS) is 10.7. The number of aryl methyl sites for hydroxylation is 1. The second-order valence-electron chi connectivity index (χ2n) is 4.36. The third kappa shape index (κ3) is 2.50. The first-order valence-corrected chi connectivity index (χ1v) is 7.02. The average molecular weight is 284 g/mol. The van der Waals surface area contributed by atoms with E-state index in [0.717, 1.165) is 11.1 Å². The molecule has 1 aromatic carbocycles. The predicted molar refractivity (Wildman–Crippen MR) is 76.6 cm³/mol. The molecule has 3 aromatic rings. The van der Waals surface area contributed by atoms with Crippen molar-refractivity contribution >= 4 is 17.1 Å². The van der Waals surface area contributed by atoms with Crippen LogP contribution in [0.1, 0.15) is 15.2 Å². The predicted octanol–water partition coefficient (Wildman–Crippen LogP) is 2.59. The van der Waals surface area contributed by atoms with Gasteiger partial charge in [0.25, 0.3) is 0 Å². The summed E-state index contributed by atoms with van der Waals surface area (Å²) in [7, 11) is 0. The maximum atomic E-state index is 12.0. The smallest absolute Gasteiger partial charge is 0.205 e. The van der Waals surface area contributed by atoms with Gasteiger partial charge in [0.05, 0.1) is 4.88 Å². The largest absolute Gasteiger partial charge is 0.291 e. The molecule has 0 fully saturated rings. The Morgan fingerprint density at radius 2 is 2.10 bits per heavy atom. The first-order valence-electron chi connectivity index (χ1n) is 6.14. The molecule has 2 aromatic heterocycles. The summed E-state index contributed by atoms with van der Waals surface area (Å²) >= 11 is 1.42. The molecule has 0 saturated heterocycles. The first kappa shape index (κ1) is 12.7. The van der Waals surface area contributed by atoms with E-state index < -0.39 is 0 Å². The van der Waals surface area contributed by atoms with Crippen LogP contribution in [0, 0.1) is 6.92 Å². The Labute approximate surface area is 119 Å². The van der Waals surface area contributed by atoms with Crippen molar-refractivity contribution in [1.82, 2.24) is 20.2 Å². The number of carbonyl (C=O) groups is 1. The van der Waals surface area contributed by atoms with E-state index in [9.17, 15) is 4.79 Å². The van der Waals surface area contributed by atoms with E-state index in [-0.39, 0.29) is 12.3 Å². The van der Waals surface area contributed by atoms with Gasteiger partial charge in [-0.25, -0.2) is 0 Å². The summed E-state index contributed by atoms with van der Waals surface area (Å²) in [6, 6.07) is 11.5. The van der Waals surface area contributed by atoms with Gasteiger partial charge in [-0.15, -0.1) is 21.5 Å². The van der Waals surface area contributed by atoms with Gasteiger partial charge in [-0.3, -0.25) is 4.79 Å². The molecule has 0 unspecified atom stereocenters. The molecule has 2 heterocycles. The average Bonchev–Trinajstić information content (AvgIpc) is 3.10. The van der Waals surface area contributed by atoms with Crippen molar-refractivity contribution < 1.29 is 4.79 Å². The lowest BCUT2D eigenvalue weighted by molar-refractivity contribution is 0.0965. The summed E-state index contributed by atoms with van der Waals surface area (Å²) in [6.45, 7) is 2.10. The molecule has 0 amide bonds. The number of hydrogen-bond acceptors (Lipinski definition) is 5. The summed E-state index contributed by atoms with van der Waals surface area (Å²) in [5.41, 5.74) is 2.01. The molecule has 0 atom stereocenters. The van der Waals surface area contributed by atoms with Crippen LogP contribution >= 0.6 is 11.3 Å². The van der Waals surface area contributed by atoms with Gasteiger partial charge >= 0.3 is 0 Å². The van der Waals surface area contributed by atoms with E-state index in [2.05, 4.69) is 15.4 Å². The molecule has 0 N–H and O–H groups in total. The number of Topliss-reactive ketones (excluding diaryl/α,β-unsaturated/α-hetero) is 1. The Kier molecular flexibility index (Phi) is 3.39. The lowest BCUT2D eigenvalue weighted by atomic mass is 10.1. The SMILES string of the molecule is Cc1ccccc1-c1nnn(CC(=O)c2cccs2)n1. The van der Waals surface area contributed by atoms with E-state index in [1.165, 1.54) is 16.1 Å². The number of ketones is 1. The molecule has 3 rings (SSSR count). The molecule has 0 spiro atoms. The fraction of sp³-hybridized carbons (Fsp3) is 0.143. The quantitative estimate of drug-likeness (QED) is 0.691. The number of hydrogen-bond donors (Lipinski definition) is 0. The highest BCUT2D eigenvalue weighted by Gasteiger charge is 2.12. The Hall–Kier alpha value is -2.34. The number of tetrazole rings is 1. The molecule has 0 aliphatic heterocycles. The Balaban J connectivity index is 1.81. The Morgan fingerprint density at radius 3 is 2.85 bits per heavy atom. The molecule has 0 aliphatic carbocycles. The minimum Gasteiger partial charge on any atom is -0.291 e. The Bertz CT molecular complexity index is 733. The number of carbonyl (C=O) groups excluding carboxylic acids is 1. The summed E-state index contributed by atoms with van der Waals surface area (Å²) in [5.74, 6) is 0.538. The number of aromatic nitrogens is 4. The van der Waals surface area contributed by atoms with Crippen molar-refractivity contribution in [1.29, 1.82) is 0 Å². The number of nitrogens with zero attached hydrogens (tertiary/aromatic N) is 4. The van der Waals surface area contributed by atoms with E-state index in [0.29, 0.717) is 10.7 Å². The van der Waals surface area contributed by atoms with Crippen LogP contribution in [0.4, 0.5) is 0 Å². The van der Waals surface area contributed by atoms with Crippen molar-refractivity contribution in [2.45, 2.75) is 13.5 Å². The lowest BCUT2D eigenvalue weighted by Crippen LogP contribution is -2.12. The minimum atomic E-state index is -0.00580. The maximum absolute atomic E-state index is 12.0. The van der Waals surface area contributed by atoms with Crippen LogP contribution in [0.2, 0.25) is 0 Å². The summed E-state index contributed by atoms with van der Waals surface area (Å²) in [6.07, 6.45) is 0. The molecule has 0 bridgehead atoms. The van der Waals surface area contributed by atoms with E-state index >= 15 is 0 Å². The fourth-order valence-electron chi connectivity index (χ4n) is 1.89. The van der Waals surface area contributed by atoms with Gasteiger partial charge in [-0.2, -0.15) is 4.80 Å². The zero-order valence-corrected chi connectivity index (χ0v) is 11.7. The van der Waals surface area contributed by atoms with Crippen molar-refractivity contribution in [2.75, 3.05) is 0 Å². The third-order valence-corrected chi connectivity index (χ3v) is 3.83. The maximum Gasteiger partial charge on any atom is 0.205 e. The summed E-state index contributed by atoms with van der Waals surface area (Å²) < 4.78 is 0. The van der Waals surface area contributed by atoms with Gasteiger partial charge in [0.1, 0.15) is 6.54 Å². The van der Waals surface area contributed by atoms with Crippen LogP contribution in [0.15, 0.2) is 41.8 Å². The van der Waals surface area contributed by atoms with Crippen molar-refractivity contribution in [3.63, 3.8) is 0 Å². The van der Waals surface area contributed by atoms with Crippen molar-refractivity contribution in [2.24, 2.45) is 0 Å². The van der Waals surface area contributed by atoms with Crippen LogP contribution in [-0.2, 0) is 6.54 Å². The summed E-state index contributed by atoms with van der Waals surface area (Å²) in [4.78, 5) is 14.0. The first-order chi connectivity index (χ1) is 9.74. The topological polar surface area (TPSA) is 60.7 Å². The standard InChI is InChI=1S/C14H12N4OS/c1-10-5-2-3-6-11(10)14-15-17-18(16-14)9-12(19)13-7-4-8-20-13/h2-8H,9H2,1H3. The molecule has 0 aliphatic rings. The van der Waals surface area contributed by atoms with Gasteiger partial charge in [-0.1, -0.05) is 30.3 Å². The monoisotopic (exact) mass is 284 g/mol. The number of thiophene rings is 1. The molecule has 0 radical (unpaired) electrons. The van der Waals surface area contributed by atoms with Crippen LogP contribution in [0.3, 0.4) is 0 Å². The van der Waals surface area contributed by atoms with Gasteiger partial charge in [-0.05, 0) is 29.1 Å². The second-order valence-corrected chi connectivity index (χ2v) is 5.31. The lowest BCUT2D eigenvalue weighted by Gasteiger charge is -1.99. The van der Waals surface area contributed by atoms with Crippen LogP contribution in [0.5, 0.6) is 0 Å². The van der Waals surface area contributed by atoms with Crippen LogP contribution in [-0.4, -0.2) is 26.0 Å². The molecule has 20 heavy (non-hydrogen) atoms.